The van der Waals surface area contributed by atoms with Crippen molar-refractivity contribution >= 4 is 5.82 Å². The van der Waals surface area contributed by atoms with Gasteiger partial charge in [0.15, 0.2) is 5.82 Å². The van der Waals surface area contributed by atoms with Gasteiger partial charge in [-0.2, -0.15) is 5.10 Å². The van der Waals surface area contributed by atoms with Crippen molar-refractivity contribution in [3.05, 3.63) is 17.3 Å². The molecule has 1 aromatic rings. The van der Waals surface area contributed by atoms with E-state index in [9.17, 15) is 5.11 Å². The Morgan fingerprint density at radius 1 is 1.41 bits per heavy atom. The second-order valence-electron chi connectivity index (χ2n) is 5.17. The quantitative estimate of drug-likeness (QED) is 0.850. The van der Waals surface area contributed by atoms with Gasteiger partial charge in [-0.05, 0) is 37.3 Å². The summed E-state index contributed by atoms with van der Waals surface area (Å²) in [4.78, 5) is 2.12. The summed E-state index contributed by atoms with van der Waals surface area (Å²) in [6.45, 7) is 7.97. The van der Waals surface area contributed by atoms with Gasteiger partial charge in [-0.25, -0.2) is 0 Å². The fourth-order valence-electron chi connectivity index (χ4n) is 2.37. The van der Waals surface area contributed by atoms with Crippen LogP contribution in [-0.4, -0.2) is 34.5 Å². The highest BCUT2D eigenvalue weighted by molar-refractivity contribution is 5.42. The predicted molar refractivity (Wildman–Crippen MR) is 68.3 cm³/mol. The Kier molecular flexibility index (Phi) is 3.62. The van der Waals surface area contributed by atoms with Crippen molar-refractivity contribution in [2.45, 2.75) is 45.6 Å². The molecule has 4 nitrogen and oxygen atoms in total. The summed E-state index contributed by atoms with van der Waals surface area (Å²) in [5, 5.41) is 18.3. The minimum atomic E-state index is -0.226. The standard InChI is InChI=1S/C13H21N3O/c1-9(2)13-10(3)7-12(14-15-13)16-6-4-5-11(17)8-16/h7,9,11,17H,4-6,8H2,1-3H3. The molecule has 1 unspecified atom stereocenters. The molecular formula is C13H21N3O. The number of piperidine rings is 1. The van der Waals surface area contributed by atoms with E-state index in [0.717, 1.165) is 30.9 Å². The van der Waals surface area contributed by atoms with Crippen LogP contribution < -0.4 is 4.90 Å². The lowest BCUT2D eigenvalue weighted by atomic mass is 10.0. The SMILES string of the molecule is Cc1cc(N2CCCC(O)C2)nnc1C(C)C. The molecule has 0 aromatic carbocycles. The fourth-order valence-corrected chi connectivity index (χ4v) is 2.37. The molecular weight excluding hydrogens is 214 g/mol. The maximum Gasteiger partial charge on any atom is 0.151 e. The number of rotatable bonds is 2. The maximum atomic E-state index is 9.66. The number of aryl methyl sites for hydroxylation is 1. The van der Waals surface area contributed by atoms with Crippen LogP contribution >= 0.6 is 0 Å². The van der Waals surface area contributed by atoms with E-state index in [2.05, 4.69) is 41.9 Å². The lowest BCUT2D eigenvalue weighted by Gasteiger charge is -2.31. The summed E-state index contributed by atoms with van der Waals surface area (Å²) in [7, 11) is 0. The second kappa shape index (κ2) is 5.00. The van der Waals surface area contributed by atoms with E-state index in [-0.39, 0.29) is 6.10 Å². The van der Waals surface area contributed by atoms with Crippen LogP contribution in [0.25, 0.3) is 0 Å². The average molecular weight is 235 g/mol. The van der Waals surface area contributed by atoms with Gasteiger partial charge in [0, 0.05) is 13.1 Å². The van der Waals surface area contributed by atoms with Gasteiger partial charge >= 0.3 is 0 Å². The number of anilines is 1. The largest absolute Gasteiger partial charge is 0.391 e. The molecule has 1 N–H and O–H groups in total. The topological polar surface area (TPSA) is 49.2 Å². The molecule has 0 spiro atoms. The number of aromatic nitrogens is 2. The lowest BCUT2D eigenvalue weighted by Crippen LogP contribution is -2.38. The maximum absolute atomic E-state index is 9.66. The van der Waals surface area contributed by atoms with Gasteiger partial charge in [-0.3, -0.25) is 0 Å². The molecule has 2 heterocycles. The Labute approximate surface area is 103 Å². The van der Waals surface area contributed by atoms with Crippen LogP contribution in [0.5, 0.6) is 0 Å². The second-order valence-corrected chi connectivity index (χ2v) is 5.17. The van der Waals surface area contributed by atoms with E-state index in [1.54, 1.807) is 0 Å². The number of nitrogens with zero attached hydrogens (tertiary/aromatic N) is 3. The molecule has 1 atom stereocenters. The van der Waals surface area contributed by atoms with Gasteiger partial charge < -0.3 is 10.0 Å². The normalized spacial score (nSPS) is 21.0. The molecule has 0 radical (unpaired) electrons. The minimum absolute atomic E-state index is 0.226. The molecule has 0 amide bonds. The summed E-state index contributed by atoms with van der Waals surface area (Å²) in [6.07, 6.45) is 1.69. The van der Waals surface area contributed by atoms with Crippen molar-refractivity contribution in [1.29, 1.82) is 0 Å². The van der Waals surface area contributed by atoms with E-state index in [0.29, 0.717) is 12.5 Å². The molecule has 1 aromatic heterocycles. The van der Waals surface area contributed by atoms with Crippen molar-refractivity contribution in [3.63, 3.8) is 0 Å². The first-order valence-corrected chi connectivity index (χ1v) is 6.35. The van der Waals surface area contributed by atoms with Crippen LogP contribution in [0.2, 0.25) is 0 Å². The van der Waals surface area contributed by atoms with E-state index in [1.165, 1.54) is 5.56 Å². The first-order valence-electron chi connectivity index (χ1n) is 6.35. The van der Waals surface area contributed by atoms with Crippen LogP contribution in [0.15, 0.2) is 6.07 Å². The van der Waals surface area contributed by atoms with Gasteiger partial charge in [0.2, 0.25) is 0 Å². The predicted octanol–water partition coefficient (Wildman–Crippen LogP) is 1.87. The van der Waals surface area contributed by atoms with Gasteiger partial charge in [-0.15, -0.1) is 5.10 Å². The zero-order valence-electron chi connectivity index (χ0n) is 10.8. The van der Waals surface area contributed by atoms with Crippen molar-refractivity contribution in [2.75, 3.05) is 18.0 Å². The summed E-state index contributed by atoms with van der Waals surface area (Å²) in [5.74, 6) is 1.30. The third-order valence-electron chi connectivity index (χ3n) is 3.28. The van der Waals surface area contributed by atoms with Crippen LogP contribution in [0, 0.1) is 6.92 Å². The van der Waals surface area contributed by atoms with E-state index >= 15 is 0 Å². The lowest BCUT2D eigenvalue weighted by molar-refractivity contribution is 0.153. The average Bonchev–Trinajstić information content (AvgIpc) is 2.28. The summed E-state index contributed by atoms with van der Waals surface area (Å²) in [5.41, 5.74) is 2.25. The molecule has 1 fully saturated rings. The van der Waals surface area contributed by atoms with Crippen molar-refractivity contribution in [1.82, 2.24) is 10.2 Å². The third-order valence-corrected chi connectivity index (χ3v) is 3.28. The Morgan fingerprint density at radius 3 is 2.76 bits per heavy atom. The molecule has 17 heavy (non-hydrogen) atoms. The van der Waals surface area contributed by atoms with Crippen LogP contribution in [-0.2, 0) is 0 Å². The number of hydrogen-bond acceptors (Lipinski definition) is 4. The van der Waals surface area contributed by atoms with Crippen LogP contribution in [0.4, 0.5) is 5.82 Å². The Morgan fingerprint density at radius 2 is 2.18 bits per heavy atom. The van der Waals surface area contributed by atoms with Gasteiger partial charge in [0.25, 0.3) is 0 Å². The zero-order chi connectivity index (χ0) is 12.4. The highest BCUT2D eigenvalue weighted by Crippen LogP contribution is 2.22. The molecule has 0 saturated carbocycles. The van der Waals surface area contributed by atoms with Crippen molar-refractivity contribution in [2.24, 2.45) is 0 Å². The summed E-state index contributed by atoms with van der Waals surface area (Å²) in [6, 6.07) is 2.08. The Bertz CT molecular complexity index is 392. The Balaban J connectivity index is 2.19. The number of aliphatic hydroxyl groups excluding tert-OH is 1. The van der Waals surface area contributed by atoms with Crippen LogP contribution in [0.3, 0.4) is 0 Å². The zero-order valence-corrected chi connectivity index (χ0v) is 10.8. The van der Waals surface area contributed by atoms with Crippen LogP contribution in [0.1, 0.15) is 43.9 Å². The minimum Gasteiger partial charge on any atom is -0.391 e. The Hall–Kier alpha value is -1.16. The van der Waals surface area contributed by atoms with E-state index < -0.39 is 0 Å². The molecule has 94 valence electrons. The van der Waals surface area contributed by atoms with E-state index in [4.69, 9.17) is 0 Å². The monoisotopic (exact) mass is 235 g/mol. The highest BCUT2D eigenvalue weighted by Gasteiger charge is 2.20. The summed E-state index contributed by atoms with van der Waals surface area (Å²) >= 11 is 0. The van der Waals surface area contributed by atoms with Gasteiger partial charge in [0.1, 0.15) is 0 Å². The summed E-state index contributed by atoms with van der Waals surface area (Å²) < 4.78 is 0. The van der Waals surface area contributed by atoms with E-state index in [1.807, 2.05) is 0 Å². The first-order chi connectivity index (χ1) is 8.08. The molecule has 0 aliphatic carbocycles. The molecule has 1 saturated heterocycles. The molecule has 4 heteroatoms. The third kappa shape index (κ3) is 2.75. The molecule has 2 rings (SSSR count). The van der Waals surface area contributed by atoms with Gasteiger partial charge in [-0.1, -0.05) is 13.8 Å². The van der Waals surface area contributed by atoms with Gasteiger partial charge in [0.05, 0.1) is 11.8 Å². The van der Waals surface area contributed by atoms with Crippen molar-refractivity contribution in [3.8, 4) is 0 Å². The smallest absolute Gasteiger partial charge is 0.151 e. The number of β-amino-alcohol motifs (C(OH)–C–C–N with tert-alkyl or cyclic N) is 1. The highest BCUT2D eigenvalue weighted by atomic mass is 16.3. The molecule has 1 aliphatic rings. The first kappa shape index (κ1) is 12.3. The number of hydrogen-bond donors (Lipinski definition) is 1. The molecule has 1 aliphatic heterocycles. The number of aliphatic hydroxyl groups is 1. The fraction of sp³-hybridized carbons (Fsp3) is 0.692. The van der Waals surface area contributed by atoms with Crippen molar-refractivity contribution < 1.29 is 5.11 Å². The molecule has 0 bridgehead atoms.